The molecule has 0 fully saturated rings. The average Bonchev–Trinajstić information content (AvgIpc) is 2.35. The topological polar surface area (TPSA) is 58.8 Å². The van der Waals surface area contributed by atoms with Gasteiger partial charge < -0.3 is 4.74 Å². The number of nitriles is 1. The maximum atomic E-state index is 13.0. The van der Waals surface area contributed by atoms with Crippen LogP contribution in [0.25, 0.3) is 0 Å². The van der Waals surface area contributed by atoms with Crippen LogP contribution in [0, 0.1) is 24.1 Å². The molecule has 1 aromatic heterocycles. The van der Waals surface area contributed by atoms with Crippen LogP contribution in [-0.2, 0) is 0 Å². The summed E-state index contributed by atoms with van der Waals surface area (Å²) in [5, 5.41) is 8.56. The first kappa shape index (κ1) is 11.0. The molecule has 0 N–H and O–H groups in total. The van der Waals surface area contributed by atoms with E-state index in [4.69, 9.17) is 10.00 Å². The second-order valence-electron chi connectivity index (χ2n) is 3.36. The molecule has 1 heterocycles. The van der Waals surface area contributed by atoms with Gasteiger partial charge in [0.05, 0.1) is 12.4 Å². The van der Waals surface area contributed by atoms with Gasteiger partial charge in [0.25, 0.3) is 0 Å². The number of nitrogens with zero attached hydrogens (tertiary/aromatic N) is 3. The number of aromatic nitrogens is 2. The fourth-order valence-corrected chi connectivity index (χ4v) is 1.22. The Morgan fingerprint density at radius 2 is 2.12 bits per heavy atom. The minimum absolute atomic E-state index is 0.202. The highest BCUT2D eigenvalue weighted by Crippen LogP contribution is 2.23. The highest BCUT2D eigenvalue weighted by atomic mass is 19.1. The van der Waals surface area contributed by atoms with Crippen LogP contribution in [0.2, 0.25) is 0 Å². The Hall–Kier alpha value is -2.48. The molecule has 0 aliphatic heterocycles. The van der Waals surface area contributed by atoms with Gasteiger partial charge in [0.1, 0.15) is 17.6 Å². The van der Waals surface area contributed by atoms with Gasteiger partial charge in [-0.25, -0.2) is 14.4 Å². The highest BCUT2D eigenvalue weighted by molar-refractivity contribution is 5.35. The van der Waals surface area contributed by atoms with E-state index in [1.165, 1.54) is 24.5 Å². The van der Waals surface area contributed by atoms with Crippen molar-refractivity contribution >= 4 is 0 Å². The molecule has 84 valence electrons. The molecular formula is C12H8FN3O. The Bertz CT molecular complexity index is 575. The lowest BCUT2D eigenvalue weighted by Crippen LogP contribution is -1.93. The van der Waals surface area contributed by atoms with E-state index in [1.807, 2.05) is 6.07 Å². The average molecular weight is 229 g/mol. The van der Waals surface area contributed by atoms with Crippen molar-refractivity contribution in [3.05, 3.63) is 47.7 Å². The smallest absolute Gasteiger partial charge is 0.237 e. The van der Waals surface area contributed by atoms with Crippen molar-refractivity contribution in [2.24, 2.45) is 0 Å². The van der Waals surface area contributed by atoms with E-state index in [2.05, 4.69) is 9.97 Å². The Labute approximate surface area is 97.3 Å². The summed E-state index contributed by atoms with van der Waals surface area (Å²) in [5.41, 5.74) is 0.992. The molecule has 0 aliphatic rings. The van der Waals surface area contributed by atoms with E-state index in [-0.39, 0.29) is 17.4 Å². The summed E-state index contributed by atoms with van der Waals surface area (Å²) in [7, 11) is 0. The van der Waals surface area contributed by atoms with Gasteiger partial charge in [-0.15, -0.1) is 0 Å². The van der Waals surface area contributed by atoms with Crippen molar-refractivity contribution in [1.82, 2.24) is 9.97 Å². The third-order valence-electron chi connectivity index (χ3n) is 2.11. The van der Waals surface area contributed by atoms with Crippen LogP contribution in [0.4, 0.5) is 4.39 Å². The summed E-state index contributed by atoms with van der Waals surface area (Å²) < 4.78 is 18.4. The lowest BCUT2D eigenvalue weighted by atomic mass is 10.2. The molecule has 2 aromatic rings. The molecular weight excluding hydrogens is 221 g/mol. The van der Waals surface area contributed by atoms with Gasteiger partial charge >= 0.3 is 0 Å². The van der Waals surface area contributed by atoms with E-state index in [9.17, 15) is 4.39 Å². The molecule has 4 nitrogen and oxygen atoms in total. The summed E-state index contributed by atoms with van der Waals surface area (Å²) in [5.74, 6) is 0.217. The van der Waals surface area contributed by atoms with Gasteiger partial charge in [0.2, 0.25) is 5.88 Å². The van der Waals surface area contributed by atoms with Crippen LogP contribution < -0.4 is 4.74 Å². The number of benzene rings is 1. The first-order valence-corrected chi connectivity index (χ1v) is 4.85. The largest absolute Gasteiger partial charge is 0.437 e. The minimum atomic E-state index is -0.382. The van der Waals surface area contributed by atoms with E-state index in [0.717, 1.165) is 5.56 Å². The first-order chi connectivity index (χ1) is 8.19. The summed E-state index contributed by atoms with van der Waals surface area (Å²) >= 11 is 0. The molecule has 0 bridgehead atoms. The number of halogens is 1. The maximum Gasteiger partial charge on any atom is 0.237 e. The molecule has 0 spiro atoms. The highest BCUT2D eigenvalue weighted by Gasteiger charge is 2.04. The lowest BCUT2D eigenvalue weighted by Gasteiger charge is -2.06. The molecule has 0 radical (unpaired) electrons. The molecule has 0 amide bonds. The van der Waals surface area contributed by atoms with Crippen LogP contribution in [0.1, 0.15) is 11.3 Å². The Balaban J connectivity index is 2.25. The van der Waals surface area contributed by atoms with Gasteiger partial charge in [-0.2, -0.15) is 5.26 Å². The molecule has 2 rings (SSSR count). The van der Waals surface area contributed by atoms with Crippen molar-refractivity contribution < 1.29 is 9.13 Å². The fraction of sp³-hybridized carbons (Fsp3) is 0.0833. The van der Waals surface area contributed by atoms with Gasteiger partial charge in [0, 0.05) is 6.07 Å². The van der Waals surface area contributed by atoms with Crippen LogP contribution in [0.15, 0.2) is 30.6 Å². The Kier molecular flexibility index (Phi) is 2.97. The number of hydrogen-bond acceptors (Lipinski definition) is 4. The monoisotopic (exact) mass is 229 g/mol. The maximum absolute atomic E-state index is 13.0. The number of ether oxygens (including phenoxy) is 1. The second kappa shape index (κ2) is 4.58. The molecule has 1 aromatic carbocycles. The molecule has 5 heteroatoms. The van der Waals surface area contributed by atoms with Crippen molar-refractivity contribution in [3.63, 3.8) is 0 Å². The summed E-state index contributed by atoms with van der Waals surface area (Å²) in [4.78, 5) is 7.69. The van der Waals surface area contributed by atoms with Crippen LogP contribution in [-0.4, -0.2) is 9.97 Å². The second-order valence-corrected chi connectivity index (χ2v) is 3.36. The van der Waals surface area contributed by atoms with Crippen molar-refractivity contribution in [1.29, 1.82) is 5.26 Å². The summed E-state index contributed by atoms with van der Waals surface area (Å²) in [6, 6.07) is 6.09. The zero-order chi connectivity index (χ0) is 12.3. The van der Waals surface area contributed by atoms with Gasteiger partial charge in [-0.3, -0.25) is 0 Å². The molecule has 0 saturated carbocycles. The number of aryl methyl sites for hydroxylation is 1. The van der Waals surface area contributed by atoms with E-state index in [0.29, 0.717) is 5.75 Å². The van der Waals surface area contributed by atoms with Crippen molar-refractivity contribution in [2.45, 2.75) is 6.92 Å². The zero-order valence-corrected chi connectivity index (χ0v) is 9.01. The quantitative estimate of drug-likeness (QED) is 0.794. The first-order valence-electron chi connectivity index (χ1n) is 4.85. The van der Waals surface area contributed by atoms with Gasteiger partial charge in [-0.1, -0.05) is 6.07 Å². The Morgan fingerprint density at radius 3 is 2.76 bits per heavy atom. The minimum Gasteiger partial charge on any atom is -0.437 e. The zero-order valence-electron chi connectivity index (χ0n) is 9.01. The molecule has 0 atom stereocenters. The van der Waals surface area contributed by atoms with Crippen LogP contribution in [0.5, 0.6) is 11.6 Å². The van der Waals surface area contributed by atoms with Crippen molar-refractivity contribution in [2.75, 3.05) is 0 Å². The number of hydrogen-bond donors (Lipinski definition) is 0. The lowest BCUT2D eigenvalue weighted by molar-refractivity contribution is 0.452. The number of rotatable bonds is 2. The third kappa shape index (κ3) is 2.55. The standard InChI is InChI=1S/C12H8FN3O/c1-8-2-3-9(13)4-11(8)17-12-7-15-10(5-14)6-16-12/h2-4,6-7H,1H3. The van der Waals surface area contributed by atoms with E-state index in [1.54, 1.807) is 13.0 Å². The molecule has 0 saturated heterocycles. The van der Waals surface area contributed by atoms with Gasteiger partial charge in [0.15, 0.2) is 5.69 Å². The van der Waals surface area contributed by atoms with Crippen molar-refractivity contribution in [3.8, 4) is 17.7 Å². The third-order valence-corrected chi connectivity index (χ3v) is 2.11. The summed E-state index contributed by atoms with van der Waals surface area (Å²) in [6.07, 6.45) is 2.62. The van der Waals surface area contributed by atoms with Gasteiger partial charge in [-0.05, 0) is 18.6 Å². The molecule has 17 heavy (non-hydrogen) atoms. The Morgan fingerprint density at radius 1 is 1.29 bits per heavy atom. The van der Waals surface area contributed by atoms with Crippen LogP contribution >= 0.6 is 0 Å². The fourth-order valence-electron chi connectivity index (χ4n) is 1.22. The SMILES string of the molecule is Cc1ccc(F)cc1Oc1cnc(C#N)cn1. The van der Waals surface area contributed by atoms with E-state index >= 15 is 0 Å². The predicted octanol–water partition coefficient (Wildman–Crippen LogP) is 2.59. The van der Waals surface area contributed by atoms with Crippen LogP contribution in [0.3, 0.4) is 0 Å². The summed E-state index contributed by atoms with van der Waals surface area (Å²) in [6.45, 7) is 1.80. The predicted molar refractivity (Wildman–Crippen MR) is 58.0 cm³/mol. The molecule has 0 unspecified atom stereocenters. The normalized spacial score (nSPS) is 9.71. The van der Waals surface area contributed by atoms with E-state index < -0.39 is 0 Å². The molecule has 0 aliphatic carbocycles.